The van der Waals surface area contributed by atoms with E-state index in [4.69, 9.17) is 5.73 Å². The van der Waals surface area contributed by atoms with Crippen LogP contribution in [0.3, 0.4) is 0 Å². The number of halogens is 1. The van der Waals surface area contributed by atoms with Crippen LogP contribution in [0.5, 0.6) is 0 Å². The normalized spacial score (nSPS) is 22.8. The second kappa shape index (κ2) is 7.35. The number of carbonyl (C=O) groups is 2. The summed E-state index contributed by atoms with van der Waals surface area (Å²) in [6.45, 7) is 0. The molecule has 5 nitrogen and oxygen atoms in total. The summed E-state index contributed by atoms with van der Waals surface area (Å²) in [6, 6.07) is 5.24. The first-order chi connectivity index (χ1) is 10.5. The lowest BCUT2D eigenvalue weighted by atomic mass is 9.84. The Morgan fingerprint density at radius 1 is 1.36 bits per heavy atom. The van der Waals surface area contributed by atoms with Crippen LogP contribution < -0.4 is 11.1 Å². The lowest BCUT2D eigenvalue weighted by molar-refractivity contribution is -0.127. The first kappa shape index (κ1) is 16.4. The summed E-state index contributed by atoms with van der Waals surface area (Å²) in [6.07, 6.45) is 1.98. The average Bonchev–Trinajstić information content (AvgIpc) is 2.47. The summed E-state index contributed by atoms with van der Waals surface area (Å²) in [4.78, 5) is 23.4. The summed E-state index contributed by atoms with van der Waals surface area (Å²) in [5.41, 5.74) is 5.71. The van der Waals surface area contributed by atoms with Gasteiger partial charge < -0.3 is 16.2 Å². The third-order valence-electron chi connectivity index (χ3n) is 4.09. The molecule has 1 saturated carbocycles. The quantitative estimate of drug-likeness (QED) is 0.768. The molecule has 0 bridgehead atoms. The van der Waals surface area contributed by atoms with E-state index in [1.54, 1.807) is 6.07 Å². The van der Waals surface area contributed by atoms with E-state index in [0.29, 0.717) is 18.4 Å². The van der Waals surface area contributed by atoms with E-state index in [9.17, 15) is 19.1 Å². The number of aliphatic hydroxyl groups is 1. The predicted molar refractivity (Wildman–Crippen MR) is 79.1 cm³/mol. The lowest BCUT2D eigenvalue weighted by Crippen LogP contribution is -2.47. The van der Waals surface area contributed by atoms with E-state index in [1.165, 1.54) is 18.2 Å². The molecule has 1 aromatic carbocycles. The van der Waals surface area contributed by atoms with Gasteiger partial charge in [-0.2, -0.15) is 0 Å². The highest BCUT2D eigenvalue weighted by atomic mass is 19.1. The maximum atomic E-state index is 13.1. The van der Waals surface area contributed by atoms with Crippen molar-refractivity contribution in [2.45, 2.75) is 44.2 Å². The topological polar surface area (TPSA) is 92.4 Å². The van der Waals surface area contributed by atoms with E-state index in [-0.39, 0.29) is 24.3 Å². The Bertz CT molecular complexity index is 550. The van der Waals surface area contributed by atoms with Gasteiger partial charge in [0.1, 0.15) is 5.82 Å². The standard InChI is InChI=1S/C16H21FN2O3/c17-11-5-3-4-10(8-11)14(20)9-15(21)19-13-7-2-1-6-12(13)16(18)22/h3-5,8,12-14,20H,1-2,6-7,9H2,(H2,18,22)(H,19,21). The molecule has 1 fully saturated rings. The Morgan fingerprint density at radius 2 is 2.09 bits per heavy atom. The third-order valence-corrected chi connectivity index (χ3v) is 4.09. The lowest BCUT2D eigenvalue weighted by Gasteiger charge is -2.30. The van der Waals surface area contributed by atoms with Gasteiger partial charge in [-0.25, -0.2) is 4.39 Å². The number of carbonyl (C=O) groups excluding carboxylic acids is 2. The fourth-order valence-electron chi connectivity index (χ4n) is 2.92. The number of rotatable bonds is 5. The summed E-state index contributed by atoms with van der Waals surface area (Å²) in [7, 11) is 0. The molecular formula is C16H21FN2O3. The molecule has 4 N–H and O–H groups in total. The SMILES string of the molecule is NC(=O)C1CCCCC1NC(=O)CC(O)c1cccc(F)c1. The maximum Gasteiger partial charge on any atom is 0.223 e. The van der Waals surface area contributed by atoms with E-state index < -0.39 is 17.8 Å². The second-order valence-corrected chi connectivity index (χ2v) is 5.74. The number of aliphatic hydroxyl groups excluding tert-OH is 1. The van der Waals surface area contributed by atoms with Gasteiger partial charge in [0.05, 0.1) is 18.4 Å². The fraction of sp³-hybridized carbons (Fsp3) is 0.500. The van der Waals surface area contributed by atoms with Gasteiger partial charge in [-0.3, -0.25) is 9.59 Å². The Morgan fingerprint density at radius 3 is 2.77 bits per heavy atom. The summed E-state index contributed by atoms with van der Waals surface area (Å²) < 4.78 is 13.1. The number of primary amides is 1. The monoisotopic (exact) mass is 308 g/mol. The molecule has 0 spiro atoms. The van der Waals surface area contributed by atoms with Gasteiger partial charge >= 0.3 is 0 Å². The first-order valence-corrected chi connectivity index (χ1v) is 7.49. The van der Waals surface area contributed by atoms with Crippen molar-refractivity contribution in [3.05, 3.63) is 35.6 Å². The minimum absolute atomic E-state index is 0.175. The van der Waals surface area contributed by atoms with Crippen LogP contribution in [-0.2, 0) is 9.59 Å². The Balaban J connectivity index is 1.93. The Labute approximate surface area is 128 Å². The highest BCUT2D eigenvalue weighted by molar-refractivity contribution is 5.80. The molecule has 3 unspecified atom stereocenters. The summed E-state index contributed by atoms with van der Waals surface area (Å²) in [5, 5.41) is 12.8. The van der Waals surface area contributed by atoms with Gasteiger partial charge in [-0.05, 0) is 30.5 Å². The molecule has 1 aliphatic carbocycles. The van der Waals surface area contributed by atoms with Crippen molar-refractivity contribution in [2.24, 2.45) is 11.7 Å². The van der Waals surface area contributed by atoms with Gasteiger partial charge in [0.25, 0.3) is 0 Å². The highest BCUT2D eigenvalue weighted by Gasteiger charge is 2.30. The highest BCUT2D eigenvalue weighted by Crippen LogP contribution is 2.25. The maximum absolute atomic E-state index is 13.1. The molecule has 120 valence electrons. The van der Waals surface area contributed by atoms with Gasteiger partial charge in [-0.15, -0.1) is 0 Å². The number of nitrogens with two attached hydrogens (primary N) is 1. The zero-order chi connectivity index (χ0) is 16.1. The molecule has 1 aliphatic rings. The van der Waals surface area contributed by atoms with E-state index in [1.807, 2.05) is 0 Å². The molecule has 1 aromatic rings. The fourth-order valence-corrected chi connectivity index (χ4v) is 2.92. The van der Waals surface area contributed by atoms with Crippen molar-refractivity contribution >= 4 is 11.8 Å². The van der Waals surface area contributed by atoms with Crippen LogP contribution in [0, 0.1) is 11.7 Å². The minimum Gasteiger partial charge on any atom is -0.388 e. The number of amides is 2. The molecule has 0 aromatic heterocycles. The van der Waals surface area contributed by atoms with Gasteiger partial charge in [-0.1, -0.05) is 25.0 Å². The Kier molecular flexibility index (Phi) is 5.49. The number of hydrogen-bond acceptors (Lipinski definition) is 3. The minimum atomic E-state index is -1.08. The zero-order valence-corrected chi connectivity index (χ0v) is 12.3. The van der Waals surface area contributed by atoms with Crippen LogP contribution >= 0.6 is 0 Å². The molecular weight excluding hydrogens is 287 g/mol. The molecule has 6 heteroatoms. The molecule has 22 heavy (non-hydrogen) atoms. The molecule has 2 rings (SSSR count). The first-order valence-electron chi connectivity index (χ1n) is 7.49. The van der Waals surface area contributed by atoms with Gasteiger partial charge in [0, 0.05) is 6.04 Å². The second-order valence-electron chi connectivity index (χ2n) is 5.74. The van der Waals surface area contributed by atoms with Crippen molar-refractivity contribution in [3.8, 4) is 0 Å². The van der Waals surface area contributed by atoms with Crippen molar-refractivity contribution in [3.63, 3.8) is 0 Å². The summed E-state index contributed by atoms with van der Waals surface area (Å²) >= 11 is 0. The van der Waals surface area contributed by atoms with E-state index in [0.717, 1.165) is 12.8 Å². The molecule has 0 radical (unpaired) electrons. The predicted octanol–water partition coefficient (Wildman–Crippen LogP) is 1.41. The van der Waals surface area contributed by atoms with Crippen LogP contribution in [0.1, 0.15) is 43.8 Å². The van der Waals surface area contributed by atoms with Crippen molar-refractivity contribution < 1.29 is 19.1 Å². The number of hydrogen-bond donors (Lipinski definition) is 3. The van der Waals surface area contributed by atoms with Gasteiger partial charge in [0.2, 0.25) is 11.8 Å². The average molecular weight is 308 g/mol. The van der Waals surface area contributed by atoms with Crippen molar-refractivity contribution in [1.82, 2.24) is 5.32 Å². The molecule has 0 saturated heterocycles. The van der Waals surface area contributed by atoms with Crippen molar-refractivity contribution in [2.75, 3.05) is 0 Å². The molecule has 0 heterocycles. The van der Waals surface area contributed by atoms with Crippen molar-refractivity contribution in [1.29, 1.82) is 0 Å². The third kappa shape index (κ3) is 4.27. The smallest absolute Gasteiger partial charge is 0.223 e. The molecule has 0 aliphatic heterocycles. The number of nitrogens with one attached hydrogen (secondary N) is 1. The van der Waals surface area contributed by atoms with Crippen LogP contribution in [0.15, 0.2) is 24.3 Å². The zero-order valence-electron chi connectivity index (χ0n) is 12.3. The molecule has 2 amide bonds. The van der Waals surface area contributed by atoms with Gasteiger partial charge in [0.15, 0.2) is 0 Å². The van der Waals surface area contributed by atoms with Crippen LogP contribution in [0.25, 0.3) is 0 Å². The number of benzene rings is 1. The van der Waals surface area contributed by atoms with E-state index in [2.05, 4.69) is 5.32 Å². The largest absolute Gasteiger partial charge is 0.388 e. The Hall–Kier alpha value is -1.95. The van der Waals surface area contributed by atoms with E-state index >= 15 is 0 Å². The van der Waals surface area contributed by atoms with Crippen LogP contribution in [-0.4, -0.2) is 23.0 Å². The summed E-state index contributed by atoms with van der Waals surface area (Å²) in [5.74, 6) is -1.59. The van der Waals surface area contributed by atoms with Crippen LogP contribution in [0.2, 0.25) is 0 Å². The van der Waals surface area contributed by atoms with Crippen LogP contribution in [0.4, 0.5) is 4.39 Å². The molecule has 3 atom stereocenters.